The van der Waals surface area contributed by atoms with Crippen molar-refractivity contribution in [3.05, 3.63) is 58.9 Å². The fourth-order valence-electron chi connectivity index (χ4n) is 4.21. The van der Waals surface area contributed by atoms with Crippen molar-refractivity contribution in [3.63, 3.8) is 0 Å². The highest BCUT2D eigenvalue weighted by atomic mass is 19.1. The third-order valence-electron chi connectivity index (χ3n) is 6.03. The second-order valence-corrected chi connectivity index (χ2v) is 8.62. The molecule has 0 radical (unpaired) electrons. The summed E-state index contributed by atoms with van der Waals surface area (Å²) < 4.78 is 30.0. The van der Waals surface area contributed by atoms with Crippen LogP contribution in [0.25, 0.3) is 0 Å². The minimum Gasteiger partial charge on any atom is -0.395 e. The van der Waals surface area contributed by atoms with Crippen LogP contribution in [0.2, 0.25) is 0 Å². The van der Waals surface area contributed by atoms with E-state index in [0.29, 0.717) is 57.6 Å². The van der Waals surface area contributed by atoms with E-state index in [1.165, 1.54) is 17.0 Å². The van der Waals surface area contributed by atoms with Gasteiger partial charge in [-0.15, -0.1) is 0 Å². The molecule has 2 amide bonds. The molecule has 0 spiro atoms. The van der Waals surface area contributed by atoms with Crippen molar-refractivity contribution in [2.24, 2.45) is 5.16 Å². The number of aryl methyl sites for hydroxylation is 1. The number of amides is 2. The lowest BCUT2D eigenvalue weighted by Gasteiger charge is -2.17. The molecule has 38 heavy (non-hydrogen) atoms. The van der Waals surface area contributed by atoms with Crippen LogP contribution in [0, 0.1) is 12.7 Å². The number of benzene rings is 2. The van der Waals surface area contributed by atoms with Gasteiger partial charge in [-0.2, -0.15) is 0 Å². The Bertz CT molecular complexity index is 1230. The predicted molar refractivity (Wildman–Crippen MR) is 137 cm³/mol. The minimum absolute atomic E-state index is 0.0748. The first-order valence-corrected chi connectivity index (χ1v) is 12.4. The van der Waals surface area contributed by atoms with Crippen LogP contribution < -0.4 is 9.80 Å². The third kappa shape index (κ3) is 6.07. The van der Waals surface area contributed by atoms with Gasteiger partial charge >= 0.3 is 0 Å². The molecule has 10 nitrogen and oxygen atoms in total. The molecule has 0 unspecified atom stereocenters. The molecule has 4 rings (SSSR count). The van der Waals surface area contributed by atoms with Crippen molar-refractivity contribution in [3.8, 4) is 0 Å². The second-order valence-electron chi connectivity index (χ2n) is 8.62. The van der Waals surface area contributed by atoms with Crippen molar-refractivity contribution in [2.75, 3.05) is 69.1 Å². The summed E-state index contributed by atoms with van der Waals surface area (Å²) in [5, 5.41) is 4.00. The number of halogens is 1. The lowest BCUT2D eigenvalue weighted by molar-refractivity contribution is -0.114. The lowest BCUT2D eigenvalue weighted by Crippen LogP contribution is -2.33. The van der Waals surface area contributed by atoms with Gasteiger partial charge in [-0.05, 0) is 44.2 Å². The van der Waals surface area contributed by atoms with E-state index in [1.807, 2.05) is 32.0 Å². The van der Waals surface area contributed by atoms with Crippen LogP contribution >= 0.6 is 0 Å². The Morgan fingerprint density at radius 1 is 0.763 bits per heavy atom. The number of ether oxygens (including phenoxy) is 3. The Morgan fingerprint density at radius 3 is 2.00 bits per heavy atom. The highest BCUT2D eigenvalue weighted by Gasteiger charge is 2.36. The molecule has 2 aromatic carbocycles. The summed E-state index contributed by atoms with van der Waals surface area (Å²) in [6.07, 6.45) is 0. The van der Waals surface area contributed by atoms with Gasteiger partial charge in [0.15, 0.2) is 5.71 Å². The first kappa shape index (κ1) is 27.4. The van der Waals surface area contributed by atoms with E-state index in [1.54, 1.807) is 4.90 Å². The molecule has 0 bridgehead atoms. The van der Waals surface area contributed by atoms with Crippen LogP contribution in [0.4, 0.5) is 15.8 Å². The molecule has 0 saturated heterocycles. The molecule has 0 atom stereocenters. The van der Waals surface area contributed by atoms with Gasteiger partial charge in [0, 0.05) is 18.7 Å². The number of nitrogens with zero attached hydrogens (tertiary/aromatic N) is 3. The molecular weight excluding hydrogens is 497 g/mol. The number of hydrogen-bond acceptors (Lipinski definition) is 8. The number of ketones is 1. The van der Waals surface area contributed by atoms with Gasteiger partial charge in [0.05, 0.1) is 56.6 Å². The first-order valence-electron chi connectivity index (χ1n) is 12.4. The number of rotatable bonds is 14. The maximum absolute atomic E-state index is 13.4. The van der Waals surface area contributed by atoms with Crippen LogP contribution in [0.3, 0.4) is 0 Å². The van der Waals surface area contributed by atoms with E-state index in [0.717, 1.165) is 22.9 Å². The van der Waals surface area contributed by atoms with Crippen molar-refractivity contribution in [2.45, 2.75) is 13.8 Å². The molecule has 11 heteroatoms. The summed E-state index contributed by atoms with van der Waals surface area (Å²) in [7, 11) is 0. The third-order valence-corrected chi connectivity index (χ3v) is 6.03. The molecule has 0 aliphatic carbocycles. The van der Waals surface area contributed by atoms with Crippen LogP contribution in [0.5, 0.6) is 0 Å². The Labute approximate surface area is 219 Å². The van der Waals surface area contributed by atoms with Crippen LogP contribution in [0.15, 0.2) is 41.6 Å². The SMILES string of the molecule is CCO/N=C1/C(=O)N(CCOCCOCCOCCN2C(=O)C(=O)c3cc(F)ccc32)c2ccc(C)cc21. The number of hydrogen-bond donors (Lipinski definition) is 0. The van der Waals surface area contributed by atoms with E-state index >= 15 is 0 Å². The van der Waals surface area contributed by atoms with Crippen molar-refractivity contribution in [1.29, 1.82) is 0 Å². The summed E-state index contributed by atoms with van der Waals surface area (Å²) in [4.78, 5) is 45.0. The molecule has 0 fully saturated rings. The molecule has 2 aliphatic rings. The van der Waals surface area contributed by atoms with E-state index in [2.05, 4.69) is 5.16 Å². The van der Waals surface area contributed by atoms with Gasteiger partial charge in [0.2, 0.25) is 0 Å². The molecule has 2 aliphatic heterocycles. The maximum Gasteiger partial charge on any atom is 0.299 e. The normalized spacial score (nSPS) is 15.6. The largest absolute Gasteiger partial charge is 0.395 e. The van der Waals surface area contributed by atoms with Crippen molar-refractivity contribution < 1.29 is 37.8 Å². The number of anilines is 2. The fraction of sp³-hybridized carbons (Fsp3) is 0.407. The standard InChI is InChI=1S/C27H30FN3O7/c1-3-38-29-24-20-16-18(2)4-6-22(20)30(26(24)33)8-10-35-12-14-37-15-13-36-11-9-31-23-7-5-19(28)17-21(23)25(32)27(31)34/h4-7,16-17H,3,8-15H2,1-2H3/b29-24+. The summed E-state index contributed by atoms with van der Waals surface area (Å²) in [5.41, 5.74) is 3.34. The Balaban J connectivity index is 1.09. The Kier molecular flexibility index (Phi) is 9.16. The Morgan fingerprint density at radius 2 is 1.34 bits per heavy atom. The van der Waals surface area contributed by atoms with Gasteiger partial charge in [-0.1, -0.05) is 16.8 Å². The minimum atomic E-state index is -0.713. The summed E-state index contributed by atoms with van der Waals surface area (Å²) in [5.74, 6) is -2.17. The van der Waals surface area contributed by atoms with Gasteiger partial charge in [-0.3, -0.25) is 14.4 Å². The Hall–Kier alpha value is -3.67. The van der Waals surface area contributed by atoms with Crippen LogP contribution in [-0.2, 0) is 28.6 Å². The summed E-state index contributed by atoms with van der Waals surface area (Å²) >= 11 is 0. The molecule has 202 valence electrons. The van der Waals surface area contributed by atoms with Gasteiger partial charge in [0.25, 0.3) is 17.6 Å². The zero-order chi connectivity index (χ0) is 27.1. The molecule has 0 N–H and O–H groups in total. The lowest BCUT2D eigenvalue weighted by atomic mass is 10.1. The molecular formula is C27H30FN3O7. The quantitative estimate of drug-likeness (QED) is 0.211. The van der Waals surface area contributed by atoms with E-state index in [4.69, 9.17) is 19.0 Å². The number of Topliss-reactive ketones (excluding diaryl/α,β-unsaturated/α-hetero) is 1. The molecule has 2 heterocycles. The highest BCUT2D eigenvalue weighted by molar-refractivity contribution is 6.54. The number of oxime groups is 1. The number of carbonyl (C=O) groups is 3. The zero-order valence-electron chi connectivity index (χ0n) is 21.4. The van der Waals surface area contributed by atoms with E-state index in [9.17, 15) is 18.8 Å². The zero-order valence-corrected chi connectivity index (χ0v) is 21.4. The number of fused-ring (bicyclic) bond motifs is 2. The van der Waals surface area contributed by atoms with Gasteiger partial charge < -0.3 is 28.8 Å². The van der Waals surface area contributed by atoms with Crippen LogP contribution in [-0.4, -0.2) is 82.6 Å². The molecule has 2 aromatic rings. The topological polar surface area (TPSA) is 107 Å². The van der Waals surface area contributed by atoms with Gasteiger partial charge in [-0.25, -0.2) is 4.39 Å². The first-order chi connectivity index (χ1) is 18.4. The predicted octanol–water partition coefficient (Wildman–Crippen LogP) is 2.50. The molecule has 0 saturated carbocycles. The van der Waals surface area contributed by atoms with Gasteiger partial charge in [0.1, 0.15) is 12.4 Å². The monoisotopic (exact) mass is 527 g/mol. The fourth-order valence-corrected chi connectivity index (χ4v) is 4.21. The average molecular weight is 528 g/mol. The number of carbonyl (C=O) groups excluding carboxylic acids is 3. The van der Waals surface area contributed by atoms with Crippen LogP contribution in [0.1, 0.15) is 28.4 Å². The van der Waals surface area contributed by atoms with E-state index in [-0.39, 0.29) is 24.6 Å². The van der Waals surface area contributed by atoms with E-state index < -0.39 is 17.5 Å². The summed E-state index contributed by atoms with van der Waals surface area (Å²) in [6.45, 7) is 6.55. The highest BCUT2D eigenvalue weighted by Crippen LogP contribution is 2.30. The second kappa shape index (κ2) is 12.7. The van der Waals surface area contributed by atoms with Crippen molar-refractivity contribution in [1.82, 2.24) is 0 Å². The van der Waals surface area contributed by atoms with Crippen molar-refractivity contribution >= 4 is 34.7 Å². The smallest absolute Gasteiger partial charge is 0.299 e. The summed E-state index contributed by atoms with van der Waals surface area (Å²) in [6, 6.07) is 9.47. The maximum atomic E-state index is 13.4. The average Bonchev–Trinajstić information content (AvgIpc) is 3.30. The molecule has 0 aromatic heterocycles.